The molecule has 28 heavy (non-hydrogen) atoms. The Morgan fingerprint density at radius 1 is 1.36 bits per heavy atom. The summed E-state index contributed by atoms with van der Waals surface area (Å²) in [5, 5.41) is 3.06. The Labute approximate surface area is 169 Å². The summed E-state index contributed by atoms with van der Waals surface area (Å²) in [6, 6.07) is 7.85. The van der Waals surface area contributed by atoms with Crippen molar-refractivity contribution < 1.29 is 4.79 Å². The van der Waals surface area contributed by atoms with Crippen LogP contribution in [0.1, 0.15) is 57.7 Å². The molecule has 3 N–H and O–H groups in total. The molecule has 0 aromatic heterocycles. The summed E-state index contributed by atoms with van der Waals surface area (Å²) in [6.45, 7) is 9.61. The number of unbranched alkanes of at least 4 members (excludes halogenated alkanes) is 1. The Kier molecular flexibility index (Phi) is 10.1. The van der Waals surface area contributed by atoms with Crippen LogP contribution in [0.4, 0.5) is 0 Å². The quantitative estimate of drug-likeness (QED) is 0.297. The third-order valence-corrected chi connectivity index (χ3v) is 4.18. The molecule has 0 aliphatic carbocycles. The molecule has 0 bridgehead atoms. The van der Waals surface area contributed by atoms with E-state index < -0.39 is 0 Å². The Morgan fingerprint density at radius 3 is 2.68 bits per heavy atom. The highest BCUT2D eigenvalue weighted by Gasteiger charge is 2.19. The van der Waals surface area contributed by atoms with Gasteiger partial charge in [-0.1, -0.05) is 55.7 Å². The highest BCUT2D eigenvalue weighted by atomic mass is 16.1. The number of hydrogen-bond donors (Lipinski definition) is 2. The highest BCUT2D eigenvalue weighted by Crippen LogP contribution is 2.20. The third kappa shape index (κ3) is 6.92. The van der Waals surface area contributed by atoms with E-state index in [0.29, 0.717) is 11.1 Å². The van der Waals surface area contributed by atoms with E-state index in [1.165, 1.54) is 0 Å². The van der Waals surface area contributed by atoms with Gasteiger partial charge in [0.25, 0.3) is 5.91 Å². The number of carbonyl (C=O) groups is 1. The van der Waals surface area contributed by atoms with Crippen LogP contribution in [0.2, 0.25) is 0 Å². The normalized spacial score (nSPS) is 13.8. The predicted octanol–water partition coefficient (Wildman–Crippen LogP) is 4.74. The van der Waals surface area contributed by atoms with Crippen molar-refractivity contribution in [3.63, 3.8) is 0 Å². The van der Waals surface area contributed by atoms with E-state index in [0.717, 1.165) is 24.0 Å². The van der Waals surface area contributed by atoms with Gasteiger partial charge in [0.15, 0.2) is 0 Å². The number of rotatable bonds is 8. The van der Waals surface area contributed by atoms with Crippen LogP contribution >= 0.6 is 0 Å². The zero-order chi connectivity index (χ0) is 20.9. The molecule has 0 aliphatic heterocycles. The number of nitrogens with two attached hydrogens (primary N) is 1. The number of hydrogen-bond acceptors (Lipinski definition) is 3. The first kappa shape index (κ1) is 23.0. The van der Waals surface area contributed by atoms with Gasteiger partial charge >= 0.3 is 0 Å². The number of aryl methyl sites for hydroxylation is 1. The van der Waals surface area contributed by atoms with Gasteiger partial charge in [0.05, 0.1) is 11.6 Å². The fraction of sp³-hybridized carbons (Fsp3) is 0.333. The molecule has 1 unspecified atom stereocenters. The second kappa shape index (κ2) is 12.3. The van der Waals surface area contributed by atoms with E-state index in [-0.39, 0.29) is 17.8 Å². The van der Waals surface area contributed by atoms with E-state index in [2.05, 4.69) is 29.1 Å². The van der Waals surface area contributed by atoms with Crippen molar-refractivity contribution in [1.29, 1.82) is 0 Å². The summed E-state index contributed by atoms with van der Waals surface area (Å²) in [7, 11) is 0. The first-order valence-corrected chi connectivity index (χ1v) is 9.60. The van der Waals surface area contributed by atoms with Gasteiger partial charge in [0, 0.05) is 17.9 Å². The van der Waals surface area contributed by atoms with Crippen LogP contribution in [0.5, 0.6) is 0 Å². The Morgan fingerprint density at radius 2 is 2.07 bits per heavy atom. The Balaban J connectivity index is 3.30. The van der Waals surface area contributed by atoms with Crippen LogP contribution in [0.3, 0.4) is 0 Å². The van der Waals surface area contributed by atoms with Crippen molar-refractivity contribution in [3.8, 4) is 11.8 Å². The highest BCUT2D eigenvalue weighted by molar-refractivity contribution is 5.99. The van der Waals surface area contributed by atoms with Gasteiger partial charge in [-0.05, 0) is 45.2 Å². The number of nitrogens with zero attached hydrogens (tertiary/aromatic N) is 1. The molecule has 148 valence electrons. The van der Waals surface area contributed by atoms with Gasteiger partial charge in [0.2, 0.25) is 0 Å². The first-order chi connectivity index (χ1) is 13.5. The summed E-state index contributed by atoms with van der Waals surface area (Å²) < 4.78 is 0. The van der Waals surface area contributed by atoms with Crippen LogP contribution in [-0.2, 0) is 4.79 Å². The molecule has 0 fully saturated rings. The number of benzene rings is 1. The lowest BCUT2D eigenvalue weighted by Gasteiger charge is -2.18. The zero-order valence-corrected chi connectivity index (χ0v) is 17.5. The smallest absolute Gasteiger partial charge is 0.253 e. The first-order valence-electron chi connectivity index (χ1n) is 9.60. The molecule has 1 aromatic carbocycles. The maximum Gasteiger partial charge on any atom is 0.253 e. The molecular formula is C24H31N3O. The molecule has 0 heterocycles. The van der Waals surface area contributed by atoms with Gasteiger partial charge in [-0.2, -0.15) is 0 Å². The molecule has 4 heteroatoms. The fourth-order valence-corrected chi connectivity index (χ4v) is 2.72. The fourth-order valence-electron chi connectivity index (χ4n) is 2.72. The number of carbonyl (C=O) groups excluding carboxylic acids is 1. The van der Waals surface area contributed by atoms with E-state index in [1.54, 1.807) is 26.1 Å². The third-order valence-electron chi connectivity index (χ3n) is 4.18. The molecule has 1 amide bonds. The molecule has 4 nitrogen and oxygen atoms in total. The molecule has 1 aromatic rings. The Bertz CT molecular complexity index is 848. The lowest BCUT2D eigenvalue weighted by atomic mass is 10.00. The largest absolute Gasteiger partial charge is 0.383 e. The zero-order valence-electron chi connectivity index (χ0n) is 17.5. The van der Waals surface area contributed by atoms with Crippen molar-refractivity contribution in [2.24, 2.45) is 10.7 Å². The van der Waals surface area contributed by atoms with Crippen molar-refractivity contribution in [1.82, 2.24) is 5.32 Å². The number of allylic oxidation sites excluding steroid dienone is 3. The van der Waals surface area contributed by atoms with Crippen molar-refractivity contribution in [2.45, 2.75) is 53.5 Å². The summed E-state index contributed by atoms with van der Waals surface area (Å²) in [4.78, 5) is 17.3. The Hall–Kier alpha value is -3.06. The van der Waals surface area contributed by atoms with Crippen LogP contribution in [-0.4, -0.2) is 12.1 Å². The van der Waals surface area contributed by atoms with E-state index in [4.69, 9.17) is 5.73 Å². The molecule has 1 rings (SSSR count). The minimum Gasteiger partial charge on any atom is -0.383 e. The number of amides is 1. The van der Waals surface area contributed by atoms with Crippen LogP contribution in [0.15, 0.2) is 64.5 Å². The second-order valence-corrected chi connectivity index (χ2v) is 6.38. The molecule has 0 spiro atoms. The van der Waals surface area contributed by atoms with Gasteiger partial charge < -0.3 is 11.1 Å². The summed E-state index contributed by atoms with van der Waals surface area (Å²) in [5.41, 5.74) is 9.33. The minimum absolute atomic E-state index is 0.150. The lowest BCUT2D eigenvalue weighted by Crippen LogP contribution is -2.29. The predicted molar refractivity (Wildman–Crippen MR) is 119 cm³/mol. The van der Waals surface area contributed by atoms with E-state index in [9.17, 15) is 4.79 Å². The molecule has 0 saturated heterocycles. The summed E-state index contributed by atoms with van der Waals surface area (Å²) in [6.07, 6.45) is 8.96. The lowest BCUT2D eigenvalue weighted by molar-refractivity contribution is -0.117. The minimum atomic E-state index is -0.232. The molecule has 0 saturated carbocycles. The van der Waals surface area contributed by atoms with E-state index in [1.807, 2.05) is 50.3 Å². The van der Waals surface area contributed by atoms with Gasteiger partial charge in [-0.25, -0.2) is 4.99 Å². The molecular weight excluding hydrogens is 346 g/mol. The SMILES string of the molecule is CC#C/C=C(C(=O)NC(C)c1ccccc1C)/C(/C=C/CCC)=C(N)/N=C\C. The van der Waals surface area contributed by atoms with Crippen LogP contribution in [0.25, 0.3) is 0 Å². The van der Waals surface area contributed by atoms with Crippen LogP contribution < -0.4 is 11.1 Å². The standard InChI is InChI=1S/C24H31N3O/c1-6-9-11-17-21(23(25)26-8-3)22(15-10-7-2)24(28)27-19(5)20-16-13-12-14-18(20)4/h8,11-17,19H,6,9,25H2,1-5H3,(H,27,28)/b17-11+,22-15-,23-21+,26-8-. The van der Waals surface area contributed by atoms with Crippen molar-refractivity contribution >= 4 is 12.1 Å². The molecule has 0 radical (unpaired) electrons. The second-order valence-electron chi connectivity index (χ2n) is 6.38. The summed E-state index contributed by atoms with van der Waals surface area (Å²) >= 11 is 0. The van der Waals surface area contributed by atoms with Gasteiger partial charge in [0.1, 0.15) is 5.82 Å². The average Bonchev–Trinajstić information content (AvgIpc) is 2.67. The maximum atomic E-state index is 13.1. The number of aliphatic imine (C=N–C) groups is 1. The van der Waals surface area contributed by atoms with Crippen molar-refractivity contribution in [2.75, 3.05) is 0 Å². The molecule has 0 aliphatic rings. The van der Waals surface area contributed by atoms with Crippen molar-refractivity contribution in [3.05, 3.63) is 70.6 Å². The van der Waals surface area contributed by atoms with E-state index >= 15 is 0 Å². The van der Waals surface area contributed by atoms with Gasteiger partial charge in [-0.3, -0.25) is 4.79 Å². The molecule has 1 atom stereocenters. The topological polar surface area (TPSA) is 67.5 Å². The average molecular weight is 378 g/mol. The summed E-state index contributed by atoms with van der Waals surface area (Å²) in [5.74, 6) is 5.74. The van der Waals surface area contributed by atoms with Gasteiger partial charge in [-0.15, -0.1) is 5.92 Å². The van der Waals surface area contributed by atoms with Crippen LogP contribution in [0, 0.1) is 18.8 Å². The monoisotopic (exact) mass is 377 g/mol. The maximum absolute atomic E-state index is 13.1. The number of nitrogens with one attached hydrogen (secondary N) is 1.